The number of aromatic amines is 1. The first-order valence-electron chi connectivity index (χ1n) is 7.17. The highest BCUT2D eigenvalue weighted by atomic mass is 16.4. The van der Waals surface area contributed by atoms with Gasteiger partial charge in [0.05, 0.1) is 5.92 Å². The largest absolute Gasteiger partial charge is 0.481 e. The van der Waals surface area contributed by atoms with Crippen molar-refractivity contribution in [2.24, 2.45) is 5.92 Å². The smallest absolute Gasteiger partial charge is 0.307 e. The highest BCUT2D eigenvalue weighted by Gasteiger charge is 2.41. The SMILES string of the molecule is CN1C[C@@H](C(=O)O)C[C@@H]2c3cccc4[nH]cc(c34)C[C@H]21. The van der Waals surface area contributed by atoms with Crippen LogP contribution >= 0.6 is 0 Å². The molecule has 2 N–H and O–H groups in total. The van der Waals surface area contributed by atoms with Gasteiger partial charge in [0.1, 0.15) is 0 Å². The molecule has 1 aromatic heterocycles. The summed E-state index contributed by atoms with van der Waals surface area (Å²) in [6, 6.07) is 6.78. The highest BCUT2D eigenvalue weighted by molar-refractivity contribution is 5.88. The van der Waals surface area contributed by atoms with Crippen molar-refractivity contribution in [1.82, 2.24) is 9.88 Å². The fourth-order valence-electron chi connectivity index (χ4n) is 4.12. The number of aliphatic carboxylic acids is 1. The standard InChI is InChI=1S/C16H18N2O2/c1-18-8-10(16(19)20)5-12-11-3-2-4-13-15(11)9(7-17-13)6-14(12)18/h2-4,7,10,12,14,17H,5-6,8H2,1H3,(H,19,20)/t10-,12+,14+/m0/s1. The lowest BCUT2D eigenvalue weighted by molar-refractivity contribution is -0.144. The minimum absolute atomic E-state index is 0.253. The molecule has 1 saturated heterocycles. The molecule has 2 aliphatic rings. The van der Waals surface area contributed by atoms with Crippen molar-refractivity contribution in [2.75, 3.05) is 13.6 Å². The van der Waals surface area contributed by atoms with Crippen LogP contribution in [0.2, 0.25) is 0 Å². The van der Waals surface area contributed by atoms with Crippen LogP contribution in [-0.2, 0) is 11.2 Å². The Labute approximate surface area is 117 Å². The second-order valence-corrected chi connectivity index (χ2v) is 6.17. The Balaban J connectivity index is 1.85. The Kier molecular flexibility index (Phi) is 2.45. The Bertz CT molecular complexity index is 691. The van der Waals surface area contributed by atoms with Crippen molar-refractivity contribution in [3.63, 3.8) is 0 Å². The van der Waals surface area contributed by atoms with Gasteiger partial charge in [-0.15, -0.1) is 0 Å². The zero-order valence-electron chi connectivity index (χ0n) is 11.5. The van der Waals surface area contributed by atoms with Crippen LogP contribution in [0.3, 0.4) is 0 Å². The lowest BCUT2D eigenvalue weighted by atomic mass is 9.72. The first-order valence-corrected chi connectivity index (χ1v) is 7.17. The summed E-state index contributed by atoms with van der Waals surface area (Å²) in [5, 5.41) is 10.7. The minimum atomic E-state index is -0.664. The number of likely N-dealkylation sites (tertiary alicyclic amines) is 1. The van der Waals surface area contributed by atoms with Crippen LogP contribution in [0, 0.1) is 5.92 Å². The van der Waals surface area contributed by atoms with Crippen molar-refractivity contribution in [3.05, 3.63) is 35.5 Å². The zero-order valence-corrected chi connectivity index (χ0v) is 11.5. The Morgan fingerprint density at radius 2 is 2.30 bits per heavy atom. The second kappa shape index (κ2) is 4.09. The summed E-state index contributed by atoms with van der Waals surface area (Å²) in [4.78, 5) is 17.0. The number of H-pyrrole nitrogens is 1. The van der Waals surface area contributed by atoms with Crippen molar-refractivity contribution < 1.29 is 9.90 Å². The zero-order chi connectivity index (χ0) is 13.9. The second-order valence-electron chi connectivity index (χ2n) is 6.17. The monoisotopic (exact) mass is 270 g/mol. The first kappa shape index (κ1) is 12.0. The van der Waals surface area contributed by atoms with E-state index in [0.29, 0.717) is 18.5 Å². The van der Waals surface area contributed by atoms with E-state index >= 15 is 0 Å². The molecule has 0 unspecified atom stereocenters. The molecule has 4 nitrogen and oxygen atoms in total. The number of carbonyl (C=O) groups is 1. The predicted molar refractivity (Wildman–Crippen MR) is 76.9 cm³/mol. The Hall–Kier alpha value is -1.81. The maximum absolute atomic E-state index is 11.4. The van der Waals surface area contributed by atoms with Gasteiger partial charge in [0.25, 0.3) is 0 Å². The molecule has 4 heteroatoms. The van der Waals surface area contributed by atoms with E-state index in [4.69, 9.17) is 0 Å². The molecule has 0 amide bonds. The van der Waals surface area contributed by atoms with Gasteiger partial charge in [0.2, 0.25) is 0 Å². The molecule has 0 bridgehead atoms. The van der Waals surface area contributed by atoms with E-state index in [9.17, 15) is 9.90 Å². The molecule has 0 spiro atoms. The van der Waals surface area contributed by atoms with Gasteiger partial charge >= 0.3 is 5.97 Å². The van der Waals surface area contributed by atoms with E-state index in [1.807, 2.05) is 0 Å². The van der Waals surface area contributed by atoms with E-state index in [1.54, 1.807) is 0 Å². The molecular weight excluding hydrogens is 252 g/mol. The van der Waals surface area contributed by atoms with Crippen LogP contribution in [-0.4, -0.2) is 40.6 Å². The van der Waals surface area contributed by atoms with Crippen molar-refractivity contribution >= 4 is 16.9 Å². The Morgan fingerprint density at radius 1 is 1.45 bits per heavy atom. The fraction of sp³-hybridized carbons (Fsp3) is 0.438. The highest BCUT2D eigenvalue weighted by Crippen LogP contribution is 2.44. The summed E-state index contributed by atoms with van der Waals surface area (Å²) in [6.45, 7) is 0.659. The molecular formula is C16H18N2O2. The van der Waals surface area contributed by atoms with Gasteiger partial charge in [-0.25, -0.2) is 0 Å². The van der Waals surface area contributed by atoms with Gasteiger partial charge < -0.3 is 15.0 Å². The molecule has 3 atom stereocenters. The third-order valence-corrected chi connectivity index (χ3v) is 5.07. The molecule has 20 heavy (non-hydrogen) atoms. The van der Waals surface area contributed by atoms with Gasteiger partial charge in [-0.2, -0.15) is 0 Å². The van der Waals surface area contributed by atoms with Crippen molar-refractivity contribution in [1.29, 1.82) is 0 Å². The normalized spacial score (nSPS) is 29.4. The van der Waals surface area contributed by atoms with Gasteiger partial charge in [0.15, 0.2) is 0 Å². The topological polar surface area (TPSA) is 56.3 Å². The van der Waals surface area contributed by atoms with Crippen molar-refractivity contribution in [3.8, 4) is 0 Å². The molecule has 1 aliphatic carbocycles. The molecule has 2 aromatic rings. The number of carboxylic acids is 1. The van der Waals surface area contributed by atoms with Crippen LogP contribution < -0.4 is 0 Å². The van der Waals surface area contributed by atoms with Crippen LogP contribution in [0.15, 0.2) is 24.4 Å². The summed E-state index contributed by atoms with van der Waals surface area (Å²) >= 11 is 0. The van der Waals surface area contributed by atoms with Crippen LogP contribution in [0.1, 0.15) is 23.5 Å². The number of hydrogen-bond donors (Lipinski definition) is 2. The number of aromatic nitrogens is 1. The van der Waals surface area contributed by atoms with Gasteiger partial charge in [-0.1, -0.05) is 12.1 Å². The van der Waals surface area contributed by atoms with E-state index in [1.165, 1.54) is 22.0 Å². The van der Waals surface area contributed by atoms with E-state index < -0.39 is 5.97 Å². The molecule has 1 aromatic carbocycles. The average Bonchev–Trinajstić information content (AvgIpc) is 2.84. The van der Waals surface area contributed by atoms with Crippen molar-refractivity contribution in [2.45, 2.75) is 24.8 Å². The number of nitrogens with one attached hydrogen (secondary N) is 1. The molecule has 4 rings (SSSR count). The molecule has 2 heterocycles. The summed E-state index contributed by atoms with van der Waals surface area (Å²) in [5.74, 6) is -0.582. The van der Waals surface area contributed by atoms with Gasteiger partial charge in [-0.3, -0.25) is 4.79 Å². The molecule has 0 saturated carbocycles. The fourth-order valence-corrected chi connectivity index (χ4v) is 4.12. The molecule has 1 aliphatic heterocycles. The third kappa shape index (κ3) is 1.54. The number of likely N-dealkylation sites (N-methyl/N-ethyl adjacent to an activating group) is 1. The number of benzene rings is 1. The minimum Gasteiger partial charge on any atom is -0.481 e. The van der Waals surface area contributed by atoms with Gasteiger partial charge in [0, 0.05) is 35.6 Å². The summed E-state index contributed by atoms with van der Waals surface area (Å²) in [6.07, 6.45) is 3.89. The Morgan fingerprint density at radius 3 is 3.10 bits per heavy atom. The van der Waals surface area contributed by atoms with Gasteiger partial charge in [-0.05, 0) is 37.1 Å². The first-order chi connectivity index (χ1) is 9.65. The van der Waals surface area contributed by atoms with Crippen LogP contribution in [0.5, 0.6) is 0 Å². The predicted octanol–water partition coefficient (Wildman–Crippen LogP) is 2.21. The average molecular weight is 270 g/mol. The lowest BCUT2D eigenvalue weighted by Gasteiger charge is -2.44. The van der Waals surface area contributed by atoms with Crippen LogP contribution in [0.25, 0.3) is 10.9 Å². The third-order valence-electron chi connectivity index (χ3n) is 5.07. The summed E-state index contributed by atoms with van der Waals surface area (Å²) < 4.78 is 0. The maximum Gasteiger partial charge on any atom is 0.307 e. The van der Waals surface area contributed by atoms with E-state index in [-0.39, 0.29) is 5.92 Å². The van der Waals surface area contributed by atoms with Crippen LogP contribution in [0.4, 0.5) is 0 Å². The number of hydrogen-bond acceptors (Lipinski definition) is 2. The summed E-state index contributed by atoms with van der Waals surface area (Å²) in [7, 11) is 2.06. The van der Waals surface area contributed by atoms with E-state index in [0.717, 1.165) is 12.8 Å². The molecule has 1 fully saturated rings. The number of rotatable bonds is 1. The molecule has 0 radical (unpaired) electrons. The summed E-state index contributed by atoms with van der Waals surface area (Å²) in [5.41, 5.74) is 3.88. The molecule has 104 valence electrons. The number of piperidine rings is 1. The quantitative estimate of drug-likeness (QED) is 0.835. The lowest BCUT2D eigenvalue weighted by Crippen LogP contribution is -2.49. The van der Waals surface area contributed by atoms with E-state index in [2.05, 4.69) is 41.3 Å². The number of carboxylic acid groups (broad SMARTS) is 1. The number of nitrogens with zero attached hydrogens (tertiary/aromatic N) is 1. The number of fused-ring (bicyclic) bond motifs is 2. The maximum atomic E-state index is 11.4.